The fourth-order valence-corrected chi connectivity index (χ4v) is 1.65. The van der Waals surface area contributed by atoms with E-state index in [-0.39, 0.29) is 0 Å². The lowest BCUT2D eigenvalue weighted by Crippen LogP contribution is -1.88. The Hall–Kier alpha value is -0.520. The summed E-state index contributed by atoms with van der Waals surface area (Å²) in [7, 11) is 0. The fraction of sp³-hybridized carbons (Fsp3) is 0.667. The quantitative estimate of drug-likeness (QED) is 0.519. The molecule has 0 unspecified atom stereocenters. The third-order valence-corrected chi connectivity index (χ3v) is 2.47. The van der Waals surface area contributed by atoms with E-state index in [1.54, 1.807) is 0 Å². The first-order valence-corrected chi connectivity index (χ1v) is 5.28. The van der Waals surface area contributed by atoms with Gasteiger partial charge in [-0.1, -0.05) is 63.3 Å². The van der Waals surface area contributed by atoms with Crippen LogP contribution < -0.4 is 0 Å². The minimum absolute atomic E-state index is 0.756. The van der Waals surface area contributed by atoms with Gasteiger partial charge in [0.1, 0.15) is 0 Å². The standard InChI is InChI=1S/C12H20/c1-2-3-4-5-6-9-12-10-7-8-11-12/h7-8,10-12H,2-6,9H2,1H3. The molecule has 0 saturated heterocycles. The molecular formula is C12H20. The molecule has 0 aromatic rings. The van der Waals surface area contributed by atoms with Crippen LogP contribution >= 0.6 is 0 Å². The fourth-order valence-electron chi connectivity index (χ4n) is 1.65. The molecule has 0 fully saturated rings. The van der Waals surface area contributed by atoms with Crippen molar-refractivity contribution in [3.63, 3.8) is 0 Å². The molecule has 0 nitrogen and oxygen atoms in total. The molecule has 0 aromatic carbocycles. The van der Waals surface area contributed by atoms with Crippen molar-refractivity contribution in [1.29, 1.82) is 0 Å². The monoisotopic (exact) mass is 164 g/mol. The summed E-state index contributed by atoms with van der Waals surface area (Å²) in [5.41, 5.74) is 0. The maximum absolute atomic E-state index is 2.31. The first kappa shape index (κ1) is 9.57. The molecular weight excluding hydrogens is 144 g/mol. The van der Waals surface area contributed by atoms with E-state index in [1.165, 1.54) is 38.5 Å². The first-order chi connectivity index (χ1) is 5.93. The summed E-state index contributed by atoms with van der Waals surface area (Å²) in [6, 6.07) is 0. The van der Waals surface area contributed by atoms with Gasteiger partial charge in [0.15, 0.2) is 0 Å². The van der Waals surface area contributed by atoms with Gasteiger partial charge in [0.2, 0.25) is 0 Å². The first-order valence-electron chi connectivity index (χ1n) is 5.28. The van der Waals surface area contributed by atoms with Gasteiger partial charge in [-0.3, -0.25) is 0 Å². The Morgan fingerprint density at radius 1 is 0.917 bits per heavy atom. The average molecular weight is 164 g/mol. The SMILES string of the molecule is CCCCCCCC1C=CC=C1. The van der Waals surface area contributed by atoms with Crippen molar-refractivity contribution in [2.24, 2.45) is 5.92 Å². The molecule has 0 heterocycles. The molecule has 0 N–H and O–H groups in total. The van der Waals surface area contributed by atoms with Gasteiger partial charge in [-0.15, -0.1) is 0 Å². The van der Waals surface area contributed by atoms with Gasteiger partial charge in [0.25, 0.3) is 0 Å². The molecule has 0 saturated carbocycles. The second kappa shape index (κ2) is 6.05. The summed E-state index contributed by atoms with van der Waals surface area (Å²) in [6.07, 6.45) is 17.3. The predicted octanol–water partition coefficient (Wildman–Crippen LogP) is 4.09. The van der Waals surface area contributed by atoms with Crippen molar-refractivity contribution in [3.8, 4) is 0 Å². The molecule has 1 rings (SSSR count). The molecule has 0 bridgehead atoms. The summed E-state index contributed by atoms with van der Waals surface area (Å²) in [5.74, 6) is 0.756. The van der Waals surface area contributed by atoms with E-state index in [9.17, 15) is 0 Å². The van der Waals surface area contributed by atoms with Crippen LogP contribution in [0.2, 0.25) is 0 Å². The lowest BCUT2D eigenvalue weighted by Gasteiger charge is -2.03. The van der Waals surface area contributed by atoms with Gasteiger partial charge >= 0.3 is 0 Å². The number of hydrogen-bond acceptors (Lipinski definition) is 0. The van der Waals surface area contributed by atoms with E-state index in [4.69, 9.17) is 0 Å². The summed E-state index contributed by atoms with van der Waals surface area (Å²) >= 11 is 0. The predicted molar refractivity (Wildman–Crippen MR) is 55.1 cm³/mol. The smallest absolute Gasteiger partial charge is 0.00473 e. The molecule has 12 heavy (non-hydrogen) atoms. The molecule has 0 amide bonds. The molecule has 0 aliphatic heterocycles. The Balaban J connectivity index is 1.89. The van der Waals surface area contributed by atoms with E-state index < -0.39 is 0 Å². The third-order valence-electron chi connectivity index (χ3n) is 2.47. The van der Waals surface area contributed by atoms with E-state index in [0.717, 1.165) is 5.92 Å². The maximum Gasteiger partial charge on any atom is -0.00473 e. The van der Waals surface area contributed by atoms with Crippen LogP contribution in [0.5, 0.6) is 0 Å². The largest absolute Gasteiger partial charge is 0.0776 e. The Morgan fingerprint density at radius 2 is 1.58 bits per heavy atom. The Morgan fingerprint density at radius 3 is 2.25 bits per heavy atom. The van der Waals surface area contributed by atoms with Crippen LogP contribution in [-0.2, 0) is 0 Å². The second-order valence-electron chi connectivity index (χ2n) is 3.64. The van der Waals surface area contributed by atoms with E-state index >= 15 is 0 Å². The van der Waals surface area contributed by atoms with Crippen LogP contribution in [-0.4, -0.2) is 0 Å². The van der Waals surface area contributed by atoms with Gasteiger partial charge in [-0.25, -0.2) is 0 Å². The van der Waals surface area contributed by atoms with Crippen molar-refractivity contribution in [2.45, 2.75) is 45.4 Å². The van der Waals surface area contributed by atoms with Crippen LogP contribution in [0.3, 0.4) is 0 Å². The maximum atomic E-state index is 2.31. The van der Waals surface area contributed by atoms with Crippen molar-refractivity contribution >= 4 is 0 Å². The highest BCUT2D eigenvalue weighted by molar-refractivity contribution is 5.17. The topological polar surface area (TPSA) is 0 Å². The van der Waals surface area contributed by atoms with E-state index in [0.29, 0.717) is 0 Å². The van der Waals surface area contributed by atoms with Gasteiger partial charge in [0, 0.05) is 0 Å². The third kappa shape index (κ3) is 3.75. The number of allylic oxidation sites excluding steroid dienone is 4. The van der Waals surface area contributed by atoms with Crippen LogP contribution in [0.25, 0.3) is 0 Å². The van der Waals surface area contributed by atoms with Gasteiger partial charge in [0.05, 0.1) is 0 Å². The summed E-state index contributed by atoms with van der Waals surface area (Å²) in [5, 5.41) is 0. The van der Waals surface area contributed by atoms with Crippen LogP contribution in [0.1, 0.15) is 45.4 Å². The highest BCUT2D eigenvalue weighted by Gasteiger charge is 2.01. The number of unbranched alkanes of at least 4 members (excludes halogenated alkanes) is 4. The molecule has 0 heteroatoms. The Kier molecular flexibility index (Phi) is 4.82. The zero-order chi connectivity index (χ0) is 8.65. The Labute approximate surface area is 76.4 Å². The molecule has 0 aromatic heterocycles. The molecule has 1 aliphatic rings. The lowest BCUT2D eigenvalue weighted by molar-refractivity contribution is 0.577. The summed E-state index contributed by atoms with van der Waals surface area (Å²) in [6.45, 7) is 2.27. The summed E-state index contributed by atoms with van der Waals surface area (Å²) in [4.78, 5) is 0. The summed E-state index contributed by atoms with van der Waals surface area (Å²) < 4.78 is 0. The van der Waals surface area contributed by atoms with Gasteiger partial charge in [-0.2, -0.15) is 0 Å². The molecule has 1 aliphatic carbocycles. The molecule has 0 atom stereocenters. The zero-order valence-corrected chi connectivity index (χ0v) is 8.13. The van der Waals surface area contributed by atoms with E-state index in [2.05, 4.69) is 31.2 Å². The van der Waals surface area contributed by atoms with Crippen molar-refractivity contribution in [2.75, 3.05) is 0 Å². The average Bonchev–Trinajstić information content (AvgIpc) is 2.57. The highest BCUT2D eigenvalue weighted by atomic mass is 14.1. The van der Waals surface area contributed by atoms with Gasteiger partial charge < -0.3 is 0 Å². The molecule has 0 radical (unpaired) electrons. The normalized spacial score (nSPS) is 16.1. The van der Waals surface area contributed by atoms with Crippen LogP contribution in [0, 0.1) is 5.92 Å². The van der Waals surface area contributed by atoms with Gasteiger partial charge in [-0.05, 0) is 12.3 Å². The lowest BCUT2D eigenvalue weighted by atomic mass is 10.0. The zero-order valence-electron chi connectivity index (χ0n) is 8.13. The number of hydrogen-bond donors (Lipinski definition) is 0. The van der Waals surface area contributed by atoms with Crippen molar-refractivity contribution in [3.05, 3.63) is 24.3 Å². The minimum atomic E-state index is 0.756. The van der Waals surface area contributed by atoms with Crippen molar-refractivity contribution in [1.82, 2.24) is 0 Å². The van der Waals surface area contributed by atoms with Crippen LogP contribution in [0.4, 0.5) is 0 Å². The molecule has 68 valence electrons. The van der Waals surface area contributed by atoms with Crippen LogP contribution in [0.15, 0.2) is 24.3 Å². The minimum Gasteiger partial charge on any atom is -0.0776 e. The highest BCUT2D eigenvalue weighted by Crippen LogP contribution is 2.17. The molecule has 0 spiro atoms. The van der Waals surface area contributed by atoms with Crippen molar-refractivity contribution < 1.29 is 0 Å². The van der Waals surface area contributed by atoms with E-state index in [1.807, 2.05) is 0 Å². The second-order valence-corrected chi connectivity index (χ2v) is 3.64. The Bertz CT molecular complexity index is 141. The number of rotatable bonds is 6.